The molecule has 0 aliphatic carbocycles. The Morgan fingerprint density at radius 1 is 1.16 bits per heavy atom. The van der Waals surface area contributed by atoms with Crippen LogP contribution < -0.4 is 4.74 Å². The quantitative estimate of drug-likeness (QED) is 0.761. The first-order valence-electron chi connectivity index (χ1n) is 6.07. The van der Waals surface area contributed by atoms with Gasteiger partial charge in [0.05, 0.1) is 9.79 Å². The zero-order valence-electron chi connectivity index (χ0n) is 10.4. The lowest BCUT2D eigenvalue weighted by Gasteiger charge is -2.21. The smallest absolute Gasteiger partial charge is 0.141 e. The molecule has 0 saturated carbocycles. The van der Waals surface area contributed by atoms with Gasteiger partial charge in [-0.2, -0.15) is 0 Å². The average molecular weight is 276 g/mol. The summed E-state index contributed by atoms with van der Waals surface area (Å²) in [5.41, 5.74) is 1.05. The number of fused-ring (bicyclic) bond motifs is 2. The van der Waals surface area contributed by atoms with E-state index < -0.39 is 0 Å². The molecule has 1 aliphatic heterocycles. The highest BCUT2D eigenvalue weighted by Crippen LogP contribution is 2.47. The summed E-state index contributed by atoms with van der Waals surface area (Å²) >= 11 is 1.49. The largest absolute Gasteiger partial charge is 0.455 e. The number of aliphatic hydroxyl groups excluding tert-OH is 1. The van der Waals surface area contributed by atoms with Crippen molar-refractivity contribution in [2.45, 2.75) is 22.6 Å². The molecule has 1 atom stereocenters. The number of hydrogen-bond donors (Lipinski definition) is 1. The summed E-state index contributed by atoms with van der Waals surface area (Å²) in [5.74, 6) is 1.28. The zero-order valence-corrected chi connectivity index (χ0v) is 11.2. The number of rotatable bonds is 2. The fourth-order valence-electron chi connectivity index (χ4n) is 1.98. The van der Waals surface area contributed by atoms with Gasteiger partial charge in [-0.1, -0.05) is 24.8 Å². The molecule has 0 spiro atoms. The number of aliphatic hydroxyl groups is 1. The minimum Gasteiger partial charge on any atom is -0.455 e. The molecule has 19 heavy (non-hydrogen) atoms. The van der Waals surface area contributed by atoms with Gasteiger partial charge in [0, 0.05) is 12.5 Å². The van der Waals surface area contributed by atoms with Crippen LogP contribution in [0.4, 0.5) is 4.39 Å². The van der Waals surface area contributed by atoms with Crippen LogP contribution in [0.1, 0.15) is 18.4 Å². The summed E-state index contributed by atoms with van der Waals surface area (Å²) in [4.78, 5) is 1.73. The van der Waals surface area contributed by atoms with Crippen LogP contribution in [0.15, 0.2) is 46.2 Å². The van der Waals surface area contributed by atoms with Crippen molar-refractivity contribution in [3.63, 3.8) is 0 Å². The van der Waals surface area contributed by atoms with Crippen molar-refractivity contribution in [2.75, 3.05) is 6.61 Å². The van der Waals surface area contributed by atoms with Crippen LogP contribution in [0.3, 0.4) is 0 Å². The number of benzene rings is 2. The van der Waals surface area contributed by atoms with E-state index in [-0.39, 0.29) is 18.3 Å². The van der Waals surface area contributed by atoms with Gasteiger partial charge in [0.1, 0.15) is 17.3 Å². The summed E-state index contributed by atoms with van der Waals surface area (Å²) in [5, 5.41) is 9.20. The van der Waals surface area contributed by atoms with Gasteiger partial charge in [-0.25, -0.2) is 4.39 Å². The first-order valence-corrected chi connectivity index (χ1v) is 6.89. The van der Waals surface area contributed by atoms with Gasteiger partial charge in [-0.15, -0.1) is 0 Å². The number of hydrogen-bond acceptors (Lipinski definition) is 3. The topological polar surface area (TPSA) is 29.5 Å². The Kier molecular flexibility index (Phi) is 3.21. The summed E-state index contributed by atoms with van der Waals surface area (Å²) < 4.78 is 19.0. The third-order valence-corrected chi connectivity index (χ3v) is 4.23. The molecule has 1 heterocycles. The third kappa shape index (κ3) is 2.33. The van der Waals surface area contributed by atoms with Crippen LogP contribution in [0.25, 0.3) is 0 Å². The van der Waals surface area contributed by atoms with Gasteiger partial charge in [0.2, 0.25) is 0 Å². The molecule has 0 bridgehead atoms. The van der Waals surface area contributed by atoms with E-state index in [0.29, 0.717) is 5.75 Å². The van der Waals surface area contributed by atoms with Gasteiger partial charge in [0.15, 0.2) is 0 Å². The molecule has 2 aromatic rings. The van der Waals surface area contributed by atoms with Gasteiger partial charge in [-0.3, -0.25) is 0 Å². The Labute approximate surface area is 115 Å². The van der Waals surface area contributed by atoms with E-state index >= 15 is 0 Å². The highest BCUT2D eigenvalue weighted by atomic mass is 32.2. The normalized spacial score (nSPS) is 14.3. The average Bonchev–Trinajstić information content (AvgIpc) is 2.43. The van der Waals surface area contributed by atoms with Crippen LogP contribution in [0.2, 0.25) is 0 Å². The summed E-state index contributed by atoms with van der Waals surface area (Å²) in [6.45, 7) is 2.07. The first-order chi connectivity index (χ1) is 9.17. The fourth-order valence-corrected chi connectivity index (χ4v) is 3.01. The summed E-state index contributed by atoms with van der Waals surface area (Å²) in [6.07, 6.45) is 0. The molecule has 2 nitrogen and oxygen atoms in total. The van der Waals surface area contributed by atoms with Crippen LogP contribution in [-0.4, -0.2) is 11.7 Å². The molecule has 1 aliphatic rings. The Hall–Kier alpha value is -1.52. The predicted molar refractivity (Wildman–Crippen MR) is 72.5 cm³/mol. The van der Waals surface area contributed by atoms with Crippen molar-refractivity contribution in [2.24, 2.45) is 0 Å². The molecule has 3 rings (SSSR count). The van der Waals surface area contributed by atoms with Crippen molar-refractivity contribution in [1.29, 1.82) is 0 Å². The Balaban J connectivity index is 1.98. The molecular formula is C15H13FO2S. The maximum atomic E-state index is 13.2. The summed E-state index contributed by atoms with van der Waals surface area (Å²) in [6, 6.07) is 10.4. The monoisotopic (exact) mass is 276 g/mol. The van der Waals surface area contributed by atoms with Crippen molar-refractivity contribution >= 4 is 11.8 Å². The molecule has 98 valence electrons. The Bertz CT molecular complexity index is 628. The molecular weight excluding hydrogens is 263 g/mol. The van der Waals surface area contributed by atoms with Crippen molar-refractivity contribution in [1.82, 2.24) is 0 Å². The van der Waals surface area contributed by atoms with E-state index in [9.17, 15) is 9.50 Å². The van der Waals surface area contributed by atoms with E-state index in [4.69, 9.17) is 4.74 Å². The second kappa shape index (κ2) is 4.87. The molecule has 4 heteroatoms. The first kappa shape index (κ1) is 12.5. The predicted octanol–water partition coefficient (Wildman–Crippen LogP) is 4.18. The molecule has 0 radical (unpaired) electrons. The van der Waals surface area contributed by atoms with Gasteiger partial charge >= 0.3 is 0 Å². The van der Waals surface area contributed by atoms with E-state index in [1.165, 1.54) is 23.9 Å². The van der Waals surface area contributed by atoms with Gasteiger partial charge in [0.25, 0.3) is 0 Å². The summed E-state index contributed by atoms with van der Waals surface area (Å²) in [7, 11) is 0. The van der Waals surface area contributed by atoms with E-state index in [2.05, 4.69) is 0 Å². The van der Waals surface area contributed by atoms with E-state index in [1.807, 2.05) is 25.1 Å². The van der Waals surface area contributed by atoms with Crippen LogP contribution >= 0.6 is 11.8 Å². The molecule has 2 aromatic carbocycles. The Morgan fingerprint density at radius 3 is 2.58 bits per heavy atom. The van der Waals surface area contributed by atoms with Crippen molar-refractivity contribution in [3.05, 3.63) is 47.8 Å². The molecule has 1 unspecified atom stereocenters. The fraction of sp³-hybridized carbons (Fsp3) is 0.200. The molecule has 0 aromatic heterocycles. The van der Waals surface area contributed by atoms with E-state index in [0.717, 1.165) is 21.1 Å². The lowest BCUT2D eigenvalue weighted by atomic mass is 10.0. The zero-order chi connectivity index (χ0) is 13.4. The van der Waals surface area contributed by atoms with Crippen molar-refractivity contribution < 1.29 is 14.2 Å². The van der Waals surface area contributed by atoms with Crippen molar-refractivity contribution in [3.8, 4) is 11.5 Å². The van der Waals surface area contributed by atoms with Gasteiger partial charge < -0.3 is 9.84 Å². The number of halogens is 1. The second-order valence-electron chi connectivity index (χ2n) is 4.58. The van der Waals surface area contributed by atoms with Crippen LogP contribution in [0, 0.1) is 5.82 Å². The molecule has 0 saturated heterocycles. The maximum absolute atomic E-state index is 13.2. The lowest BCUT2D eigenvalue weighted by molar-refractivity contribution is 0.273. The molecule has 0 amide bonds. The minimum atomic E-state index is -0.266. The van der Waals surface area contributed by atoms with Crippen LogP contribution in [-0.2, 0) is 0 Å². The third-order valence-electron chi connectivity index (χ3n) is 3.16. The maximum Gasteiger partial charge on any atom is 0.141 e. The van der Waals surface area contributed by atoms with Crippen LogP contribution in [0.5, 0.6) is 11.5 Å². The molecule has 0 fully saturated rings. The number of ether oxygens (including phenoxy) is 1. The van der Waals surface area contributed by atoms with Gasteiger partial charge in [-0.05, 0) is 35.9 Å². The second-order valence-corrected chi connectivity index (χ2v) is 5.67. The highest BCUT2D eigenvalue weighted by Gasteiger charge is 2.19. The standard InChI is InChI=1S/C15H13FO2S/c1-9(8-17)10-2-4-12-14(6-10)19-15-7-11(16)3-5-13(15)18-12/h2-7,9,17H,8H2,1H3. The highest BCUT2D eigenvalue weighted by molar-refractivity contribution is 7.99. The molecule has 1 N–H and O–H groups in total. The lowest BCUT2D eigenvalue weighted by Crippen LogP contribution is -2.01. The minimum absolute atomic E-state index is 0.0832. The Morgan fingerprint density at radius 2 is 1.84 bits per heavy atom. The SMILES string of the molecule is CC(CO)c1ccc2c(c1)Sc1cc(F)ccc1O2. The van der Waals surface area contributed by atoms with E-state index in [1.54, 1.807) is 6.07 Å².